The topological polar surface area (TPSA) is 3.24 Å². The van der Waals surface area contributed by atoms with Gasteiger partial charge in [0.1, 0.15) is 0 Å². The van der Waals surface area contributed by atoms with Crippen LogP contribution < -0.4 is 4.90 Å². The van der Waals surface area contributed by atoms with E-state index in [1.54, 1.807) is 0 Å². The Balaban J connectivity index is 1.01. The Morgan fingerprint density at radius 3 is 1.09 bits per heavy atom. The van der Waals surface area contributed by atoms with Crippen molar-refractivity contribution < 1.29 is 0 Å². The average molecular weight is 818 g/mol. The Hall–Kier alpha value is -8.00. The molecule has 0 bridgehead atoms. The summed E-state index contributed by atoms with van der Waals surface area (Å²) in [6, 6.07) is 90.6. The fraction of sp³-hybridized carbons (Fsp3) is 0.0476. The third-order valence-electron chi connectivity index (χ3n) is 13.1. The third-order valence-corrected chi connectivity index (χ3v) is 13.1. The van der Waals surface area contributed by atoms with Crippen LogP contribution in [0, 0.1) is 0 Å². The predicted molar refractivity (Wildman–Crippen MR) is 271 cm³/mol. The van der Waals surface area contributed by atoms with E-state index >= 15 is 0 Å². The SMILES string of the molecule is CC1(C)c2cc(-c3ccc(N(c4ccccc4)c4ccc(-c5c(-c6ccccc6)cccc5-c5ccccc5)cc4)cc3)c(-c3ccccc3)cc2-c2c(-c3ccccc3)cccc21. The zero-order chi connectivity index (χ0) is 43.0. The molecule has 0 saturated heterocycles. The van der Waals surface area contributed by atoms with Gasteiger partial charge in [0.15, 0.2) is 0 Å². The van der Waals surface area contributed by atoms with Crippen LogP contribution in [0.2, 0.25) is 0 Å². The van der Waals surface area contributed by atoms with E-state index in [0.717, 1.165) is 17.1 Å². The Morgan fingerprint density at radius 1 is 0.250 bits per heavy atom. The molecular formula is C63H47N. The minimum Gasteiger partial charge on any atom is -0.311 e. The lowest BCUT2D eigenvalue weighted by atomic mass is 9.80. The lowest BCUT2D eigenvalue weighted by Crippen LogP contribution is -2.15. The van der Waals surface area contributed by atoms with E-state index in [2.05, 4.69) is 267 Å². The van der Waals surface area contributed by atoms with Crippen LogP contribution in [0.4, 0.5) is 17.1 Å². The molecule has 0 fully saturated rings. The molecule has 0 radical (unpaired) electrons. The number of para-hydroxylation sites is 1. The van der Waals surface area contributed by atoms with Gasteiger partial charge in [-0.05, 0) is 138 Å². The second-order valence-corrected chi connectivity index (χ2v) is 17.3. The molecule has 11 rings (SSSR count). The highest BCUT2D eigenvalue weighted by atomic mass is 15.1. The van der Waals surface area contributed by atoms with Gasteiger partial charge in [0.25, 0.3) is 0 Å². The lowest BCUT2D eigenvalue weighted by Gasteiger charge is -2.26. The molecule has 0 aromatic heterocycles. The van der Waals surface area contributed by atoms with E-state index in [-0.39, 0.29) is 5.41 Å². The number of benzene rings is 10. The summed E-state index contributed by atoms with van der Waals surface area (Å²) in [6.45, 7) is 4.76. The van der Waals surface area contributed by atoms with E-state index in [4.69, 9.17) is 0 Å². The maximum Gasteiger partial charge on any atom is 0.0462 e. The van der Waals surface area contributed by atoms with Gasteiger partial charge in [-0.1, -0.05) is 214 Å². The molecule has 0 heterocycles. The summed E-state index contributed by atoms with van der Waals surface area (Å²) in [5, 5.41) is 0. The van der Waals surface area contributed by atoms with Crippen LogP contribution in [-0.2, 0) is 5.41 Å². The van der Waals surface area contributed by atoms with Gasteiger partial charge in [0.05, 0.1) is 0 Å². The molecule has 0 unspecified atom stereocenters. The number of rotatable bonds is 9. The van der Waals surface area contributed by atoms with Crippen molar-refractivity contribution in [2.45, 2.75) is 19.3 Å². The molecule has 1 aliphatic rings. The summed E-state index contributed by atoms with van der Waals surface area (Å²) in [5.41, 5.74) is 23.2. The maximum absolute atomic E-state index is 2.48. The Labute approximate surface area is 377 Å². The van der Waals surface area contributed by atoms with Gasteiger partial charge >= 0.3 is 0 Å². The molecular weight excluding hydrogens is 771 g/mol. The smallest absolute Gasteiger partial charge is 0.0462 e. The fourth-order valence-electron chi connectivity index (χ4n) is 9.96. The number of anilines is 3. The van der Waals surface area contributed by atoms with Crippen molar-refractivity contribution in [1.29, 1.82) is 0 Å². The molecule has 1 heteroatoms. The monoisotopic (exact) mass is 817 g/mol. The molecule has 304 valence electrons. The minimum atomic E-state index is -0.168. The summed E-state index contributed by atoms with van der Waals surface area (Å²) in [7, 11) is 0. The summed E-state index contributed by atoms with van der Waals surface area (Å²) in [6.07, 6.45) is 0. The van der Waals surface area contributed by atoms with Crippen molar-refractivity contribution in [1.82, 2.24) is 0 Å². The molecule has 10 aromatic carbocycles. The number of hydrogen-bond acceptors (Lipinski definition) is 1. The molecule has 1 aliphatic carbocycles. The quantitative estimate of drug-likeness (QED) is 0.140. The van der Waals surface area contributed by atoms with Crippen LogP contribution in [0.5, 0.6) is 0 Å². The first-order valence-electron chi connectivity index (χ1n) is 22.3. The summed E-state index contributed by atoms with van der Waals surface area (Å²) >= 11 is 0. The first-order valence-corrected chi connectivity index (χ1v) is 22.3. The van der Waals surface area contributed by atoms with Gasteiger partial charge in [-0.3, -0.25) is 0 Å². The molecule has 0 saturated carbocycles. The van der Waals surface area contributed by atoms with Gasteiger partial charge in [-0.25, -0.2) is 0 Å². The van der Waals surface area contributed by atoms with E-state index < -0.39 is 0 Å². The lowest BCUT2D eigenvalue weighted by molar-refractivity contribution is 0.661. The zero-order valence-electron chi connectivity index (χ0n) is 36.1. The van der Waals surface area contributed by atoms with Crippen LogP contribution >= 0.6 is 0 Å². The molecule has 1 nitrogen and oxygen atoms in total. The predicted octanol–water partition coefficient (Wildman–Crippen LogP) is 17.5. The highest BCUT2D eigenvalue weighted by Gasteiger charge is 2.38. The van der Waals surface area contributed by atoms with Crippen molar-refractivity contribution in [2.75, 3.05) is 4.90 Å². The number of fused-ring (bicyclic) bond motifs is 3. The molecule has 0 atom stereocenters. The molecule has 0 spiro atoms. The van der Waals surface area contributed by atoms with Crippen LogP contribution in [0.15, 0.2) is 249 Å². The van der Waals surface area contributed by atoms with Gasteiger partial charge in [-0.2, -0.15) is 0 Å². The number of hydrogen-bond donors (Lipinski definition) is 0. The summed E-state index contributed by atoms with van der Waals surface area (Å²) < 4.78 is 0. The molecule has 0 aliphatic heterocycles. The third kappa shape index (κ3) is 6.93. The van der Waals surface area contributed by atoms with Gasteiger partial charge in [0.2, 0.25) is 0 Å². The highest BCUT2D eigenvalue weighted by molar-refractivity contribution is 5.98. The van der Waals surface area contributed by atoms with Gasteiger partial charge in [0, 0.05) is 22.5 Å². The molecule has 0 amide bonds. The second-order valence-electron chi connectivity index (χ2n) is 17.3. The normalized spacial score (nSPS) is 12.3. The average Bonchev–Trinajstić information content (AvgIpc) is 3.60. The highest BCUT2D eigenvalue weighted by Crippen LogP contribution is 2.55. The maximum atomic E-state index is 2.48. The fourth-order valence-corrected chi connectivity index (χ4v) is 9.96. The largest absolute Gasteiger partial charge is 0.311 e. The Kier molecular flexibility index (Phi) is 9.94. The van der Waals surface area contributed by atoms with Crippen molar-refractivity contribution >= 4 is 17.1 Å². The molecule has 64 heavy (non-hydrogen) atoms. The van der Waals surface area contributed by atoms with E-state index in [1.807, 2.05) is 0 Å². The number of nitrogens with zero attached hydrogens (tertiary/aromatic N) is 1. The first-order chi connectivity index (χ1) is 31.5. The van der Waals surface area contributed by atoms with E-state index in [1.165, 1.54) is 89.0 Å². The summed E-state index contributed by atoms with van der Waals surface area (Å²) in [4.78, 5) is 2.36. The zero-order valence-corrected chi connectivity index (χ0v) is 36.1. The van der Waals surface area contributed by atoms with Gasteiger partial charge in [-0.15, -0.1) is 0 Å². The molecule has 10 aromatic rings. The van der Waals surface area contributed by atoms with Crippen LogP contribution in [0.1, 0.15) is 25.0 Å². The van der Waals surface area contributed by atoms with Crippen molar-refractivity contribution in [3.8, 4) is 77.9 Å². The standard InChI is InChI=1S/C63H47N/c1-63(2)59-33-19-32-55(46-24-12-5-13-25-46)62(59)58-42-56(47-26-14-6-15-27-47)57(43-60(58)63)48-34-38-51(39-35-48)64(50-28-16-7-17-29-50)52-40-36-49(37-41-52)61-53(44-20-8-3-9-21-44)30-18-31-54(61)45-22-10-4-11-23-45/h3-43H,1-2H3. The van der Waals surface area contributed by atoms with Gasteiger partial charge < -0.3 is 4.90 Å². The second kappa shape index (κ2) is 16.4. The van der Waals surface area contributed by atoms with Crippen molar-refractivity contribution in [3.63, 3.8) is 0 Å². The minimum absolute atomic E-state index is 0.168. The van der Waals surface area contributed by atoms with Crippen LogP contribution in [-0.4, -0.2) is 0 Å². The van der Waals surface area contributed by atoms with Crippen LogP contribution in [0.25, 0.3) is 77.9 Å². The van der Waals surface area contributed by atoms with Crippen molar-refractivity contribution in [3.05, 3.63) is 260 Å². The van der Waals surface area contributed by atoms with Crippen molar-refractivity contribution in [2.24, 2.45) is 0 Å². The van der Waals surface area contributed by atoms with Crippen LogP contribution in [0.3, 0.4) is 0 Å². The summed E-state index contributed by atoms with van der Waals surface area (Å²) in [5.74, 6) is 0. The van der Waals surface area contributed by atoms with E-state index in [0.29, 0.717) is 0 Å². The first kappa shape index (κ1) is 38.9. The Morgan fingerprint density at radius 2 is 0.609 bits per heavy atom. The molecule has 0 N–H and O–H groups in total. The Bertz CT molecular complexity index is 3170. The van der Waals surface area contributed by atoms with E-state index in [9.17, 15) is 0 Å².